The highest BCUT2D eigenvalue weighted by molar-refractivity contribution is 5.69. The van der Waals surface area contributed by atoms with Crippen LogP contribution in [0.2, 0.25) is 0 Å². The van der Waals surface area contributed by atoms with Crippen molar-refractivity contribution in [2.75, 3.05) is 92.4 Å². The molecule has 0 heterocycles. The van der Waals surface area contributed by atoms with E-state index in [1.165, 1.54) is 0 Å². The molecule has 9 nitrogen and oxygen atoms in total. The maximum atomic E-state index is 11.4. The Labute approximate surface area is 169 Å². The highest BCUT2D eigenvalue weighted by Gasteiger charge is 2.04. The fourth-order valence-corrected chi connectivity index (χ4v) is 1.77. The van der Waals surface area contributed by atoms with Gasteiger partial charge in [0.2, 0.25) is 0 Å². The molecule has 0 saturated heterocycles. The van der Waals surface area contributed by atoms with Gasteiger partial charge in [0.15, 0.2) is 0 Å². The lowest BCUT2D eigenvalue weighted by Gasteiger charge is -2.08. The molecular weight excluding hydrogens is 370 g/mol. The molecule has 0 rings (SSSR count). The summed E-state index contributed by atoms with van der Waals surface area (Å²) >= 11 is 0. The van der Waals surface area contributed by atoms with Gasteiger partial charge in [-0.2, -0.15) is 0 Å². The average molecular weight is 410 g/mol. The normalized spacial score (nSPS) is 11.3. The lowest BCUT2D eigenvalue weighted by Crippen LogP contribution is -2.15. The van der Waals surface area contributed by atoms with E-state index in [0.29, 0.717) is 98.4 Å². The minimum Gasteiger partial charge on any atom is -0.465 e. The predicted molar refractivity (Wildman–Crippen MR) is 104 cm³/mol. The summed E-state index contributed by atoms with van der Waals surface area (Å²) < 4.78 is 37.0. The molecular formula is C19H39NO8. The summed E-state index contributed by atoms with van der Waals surface area (Å²) in [5.41, 5.74) is 5.30. The largest absolute Gasteiger partial charge is 0.465 e. The van der Waals surface area contributed by atoms with Crippen LogP contribution in [0.15, 0.2) is 0 Å². The van der Waals surface area contributed by atoms with Gasteiger partial charge in [-0.05, 0) is 5.92 Å². The summed E-state index contributed by atoms with van der Waals surface area (Å²) in [6.07, 6.45) is 0.267. The molecule has 0 aromatic carbocycles. The second kappa shape index (κ2) is 22.5. The van der Waals surface area contributed by atoms with Crippen molar-refractivity contribution in [3.63, 3.8) is 0 Å². The fraction of sp³-hybridized carbons (Fsp3) is 0.947. The van der Waals surface area contributed by atoms with Gasteiger partial charge >= 0.3 is 5.97 Å². The molecule has 0 atom stereocenters. The van der Waals surface area contributed by atoms with Crippen LogP contribution in [-0.2, 0) is 38.0 Å². The molecule has 9 heteroatoms. The number of hydrogen-bond acceptors (Lipinski definition) is 9. The second-order valence-corrected chi connectivity index (χ2v) is 6.29. The monoisotopic (exact) mass is 409 g/mol. The van der Waals surface area contributed by atoms with Crippen LogP contribution in [0, 0.1) is 5.92 Å². The van der Waals surface area contributed by atoms with Crippen LogP contribution in [0.5, 0.6) is 0 Å². The Bertz CT molecular complexity index is 331. The zero-order valence-electron chi connectivity index (χ0n) is 17.5. The van der Waals surface area contributed by atoms with Crippen LogP contribution in [0.25, 0.3) is 0 Å². The average Bonchev–Trinajstić information content (AvgIpc) is 2.68. The number of hydrogen-bond donors (Lipinski definition) is 1. The van der Waals surface area contributed by atoms with Gasteiger partial charge < -0.3 is 38.9 Å². The molecule has 0 aromatic rings. The molecule has 0 aliphatic rings. The summed E-state index contributed by atoms with van der Waals surface area (Å²) in [6, 6.07) is 0. The van der Waals surface area contributed by atoms with Crippen molar-refractivity contribution in [3.8, 4) is 0 Å². The molecule has 2 N–H and O–H groups in total. The predicted octanol–water partition coefficient (Wildman–Crippen LogP) is 0.634. The summed E-state index contributed by atoms with van der Waals surface area (Å²) in [5.74, 6) is 0.117. The van der Waals surface area contributed by atoms with E-state index in [9.17, 15) is 4.79 Å². The molecule has 28 heavy (non-hydrogen) atoms. The molecule has 0 fully saturated rings. The summed E-state index contributed by atoms with van der Waals surface area (Å²) in [7, 11) is 0. The molecule has 0 amide bonds. The second-order valence-electron chi connectivity index (χ2n) is 6.29. The molecule has 0 saturated carbocycles. The summed E-state index contributed by atoms with van der Waals surface area (Å²) in [4.78, 5) is 11.4. The first-order valence-corrected chi connectivity index (χ1v) is 9.99. The molecule has 0 bridgehead atoms. The van der Waals surface area contributed by atoms with E-state index in [2.05, 4.69) is 0 Å². The van der Waals surface area contributed by atoms with Crippen LogP contribution in [0.3, 0.4) is 0 Å². The quantitative estimate of drug-likeness (QED) is 0.203. The fourth-order valence-electron chi connectivity index (χ4n) is 1.77. The van der Waals surface area contributed by atoms with Crippen LogP contribution >= 0.6 is 0 Å². The number of rotatable bonds is 22. The number of carbonyl (C=O) groups is 1. The Morgan fingerprint density at radius 3 is 1.36 bits per heavy atom. The third-order valence-electron chi connectivity index (χ3n) is 3.15. The Balaban J connectivity index is 3.07. The number of ether oxygens (including phenoxy) is 7. The molecule has 0 aromatic heterocycles. The highest BCUT2D eigenvalue weighted by atomic mass is 16.6. The number of carbonyl (C=O) groups excluding carboxylic acids is 1. The SMILES string of the molecule is CC(C)COC(=O)CCOCCOCCOCCOCCOCCOCCN. The Morgan fingerprint density at radius 2 is 1.00 bits per heavy atom. The van der Waals surface area contributed by atoms with Crippen LogP contribution in [0.4, 0.5) is 0 Å². The zero-order chi connectivity index (χ0) is 20.7. The van der Waals surface area contributed by atoms with Gasteiger partial charge in [-0.1, -0.05) is 13.8 Å². The standard InChI is InChI=1S/C19H39NO8/c1-18(2)17-28-19(21)3-5-22-7-9-24-11-13-26-15-16-27-14-12-25-10-8-23-6-4-20/h18H,3-17,20H2,1-2H3. The van der Waals surface area contributed by atoms with Crippen molar-refractivity contribution >= 4 is 5.97 Å². The van der Waals surface area contributed by atoms with E-state index in [1.807, 2.05) is 13.8 Å². The molecule has 0 radical (unpaired) electrons. The molecule has 0 spiro atoms. The topological polar surface area (TPSA) is 108 Å². The minimum atomic E-state index is -0.228. The van der Waals surface area contributed by atoms with E-state index >= 15 is 0 Å². The number of esters is 1. The van der Waals surface area contributed by atoms with Gasteiger partial charge in [-0.15, -0.1) is 0 Å². The van der Waals surface area contributed by atoms with Crippen molar-refractivity contribution in [1.29, 1.82) is 0 Å². The lowest BCUT2D eigenvalue weighted by molar-refractivity contribution is -0.146. The Hall–Kier alpha value is -0.810. The van der Waals surface area contributed by atoms with Gasteiger partial charge in [-0.25, -0.2) is 0 Å². The summed E-state index contributed by atoms with van der Waals surface area (Å²) in [5, 5.41) is 0. The maximum Gasteiger partial charge on any atom is 0.308 e. The van der Waals surface area contributed by atoms with Gasteiger partial charge in [0.1, 0.15) is 0 Å². The molecule has 0 unspecified atom stereocenters. The Kier molecular flexibility index (Phi) is 21.8. The van der Waals surface area contributed by atoms with Gasteiger partial charge in [0.05, 0.1) is 92.3 Å². The van der Waals surface area contributed by atoms with Crippen molar-refractivity contribution < 1.29 is 38.0 Å². The van der Waals surface area contributed by atoms with Crippen molar-refractivity contribution in [3.05, 3.63) is 0 Å². The van der Waals surface area contributed by atoms with Gasteiger partial charge in [-0.3, -0.25) is 4.79 Å². The maximum absolute atomic E-state index is 11.4. The third kappa shape index (κ3) is 23.2. The molecule has 0 aliphatic carbocycles. The first kappa shape index (κ1) is 27.2. The van der Waals surface area contributed by atoms with E-state index in [0.717, 1.165) is 0 Å². The molecule has 168 valence electrons. The first-order chi connectivity index (χ1) is 13.7. The smallest absolute Gasteiger partial charge is 0.308 e. The minimum absolute atomic E-state index is 0.228. The zero-order valence-corrected chi connectivity index (χ0v) is 17.5. The lowest BCUT2D eigenvalue weighted by atomic mass is 10.2. The van der Waals surface area contributed by atoms with Crippen LogP contribution in [-0.4, -0.2) is 98.4 Å². The first-order valence-electron chi connectivity index (χ1n) is 9.99. The molecule has 0 aliphatic heterocycles. The summed E-state index contributed by atoms with van der Waals surface area (Å²) in [6.45, 7) is 11.0. The van der Waals surface area contributed by atoms with Crippen LogP contribution < -0.4 is 5.73 Å². The van der Waals surface area contributed by atoms with E-state index < -0.39 is 0 Å². The van der Waals surface area contributed by atoms with E-state index in [-0.39, 0.29) is 12.4 Å². The van der Waals surface area contributed by atoms with E-state index in [1.54, 1.807) is 0 Å². The van der Waals surface area contributed by atoms with Crippen LogP contribution in [0.1, 0.15) is 20.3 Å². The number of nitrogens with two attached hydrogens (primary N) is 1. The van der Waals surface area contributed by atoms with Crippen molar-refractivity contribution in [2.45, 2.75) is 20.3 Å². The van der Waals surface area contributed by atoms with Gasteiger partial charge in [0.25, 0.3) is 0 Å². The van der Waals surface area contributed by atoms with E-state index in [4.69, 9.17) is 38.9 Å². The Morgan fingerprint density at radius 1 is 0.643 bits per heavy atom. The van der Waals surface area contributed by atoms with Gasteiger partial charge in [0, 0.05) is 6.54 Å². The highest BCUT2D eigenvalue weighted by Crippen LogP contribution is 1.95. The van der Waals surface area contributed by atoms with Crippen molar-refractivity contribution in [2.24, 2.45) is 11.7 Å². The third-order valence-corrected chi connectivity index (χ3v) is 3.15. The van der Waals surface area contributed by atoms with Crippen molar-refractivity contribution in [1.82, 2.24) is 0 Å².